The van der Waals surface area contributed by atoms with E-state index in [0.717, 1.165) is 51.3 Å². The smallest absolute Gasteiger partial charge is 0.252 e. The maximum atomic E-state index is 12.9. The van der Waals surface area contributed by atoms with E-state index in [9.17, 15) is 4.79 Å². The van der Waals surface area contributed by atoms with E-state index in [0.29, 0.717) is 24.8 Å². The molecule has 1 N–H and O–H groups in total. The highest BCUT2D eigenvalue weighted by Crippen LogP contribution is 2.28. The van der Waals surface area contributed by atoms with Crippen LogP contribution in [0.15, 0.2) is 35.4 Å². The fourth-order valence-corrected chi connectivity index (χ4v) is 4.78. The summed E-state index contributed by atoms with van der Waals surface area (Å²) < 4.78 is 11.6. The Morgan fingerprint density at radius 3 is 2.59 bits per heavy atom. The van der Waals surface area contributed by atoms with Gasteiger partial charge < -0.3 is 10.1 Å². The maximum Gasteiger partial charge on any atom is 0.252 e. The summed E-state index contributed by atoms with van der Waals surface area (Å²) in [6.45, 7) is 7.22. The second kappa shape index (κ2) is 8.40. The zero-order chi connectivity index (χ0) is 22.2. The molecule has 8 nitrogen and oxygen atoms in total. The number of fused-ring (bicyclic) bond motifs is 1. The Labute approximate surface area is 189 Å². The van der Waals surface area contributed by atoms with Crippen molar-refractivity contribution < 1.29 is 4.74 Å². The molecule has 5 rings (SSSR count). The molecular weight excluding hydrogens is 424 g/mol. The van der Waals surface area contributed by atoms with E-state index in [1.807, 2.05) is 32.9 Å². The number of hydrogen-bond donors (Lipinski definition) is 1. The Hall–Kier alpha value is -3.17. The minimum absolute atomic E-state index is 0.0337. The van der Waals surface area contributed by atoms with Crippen molar-refractivity contribution in [2.45, 2.75) is 39.7 Å². The first kappa shape index (κ1) is 20.7. The first-order valence-electron chi connectivity index (χ1n) is 10.6. The molecule has 9 heteroatoms. The van der Waals surface area contributed by atoms with Gasteiger partial charge >= 0.3 is 0 Å². The molecule has 0 atom stereocenters. The van der Waals surface area contributed by atoms with Crippen LogP contribution < -0.4 is 10.9 Å². The molecular formula is C23H24N6O2S. The van der Waals surface area contributed by atoms with E-state index in [-0.39, 0.29) is 11.6 Å². The van der Waals surface area contributed by atoms with Crippen LogP contribution in [0, 0.1) is 20.8 Å². The molecule has 0 saturated carbocycles. The Morgan fingerprint density at radius 1 is 1.06 bits per heavy atom. The fraction of sp³-hybridized carbons (Fsp3) is 0.348. The predicted octanol–water partition coefficient (Wildman–Crippen LogP) is 4.33. The lowest BCUT2D eigenvalue weighted by Crippen LogP contribution is -2.30. The van der Waals surface area contributed by atoms with Gasteiger partial charge in [0.2, 0.25) is 5.95 Å². The summed E-state index contributed by atoms with van der Waals surface area (Å²) in [4.78, 5) is 27.8. The summed E-state index contributed by atoms with van der Waals surface area (Å²) >= 11 is 1.44. The SMILES string of the molecule is Cc1cc(-c2cc(C)c(Nc3ncc4c(C)cc(=O)n(C5CCOCC5)c4n3)cn2)sn1. The largest absolute Gasteiger partial charge is 0.381 e. The van der Waals surface area contributed by atoms with Gasteiger partial charge in [-0.15, -0.1) is 0 Å². The van der Waals surface area contributed by atoms with E-state index >= 15 is 0 Å². The zero-order valence-corrected chi connectivity index (χ0v) is 19.1. The van der Waals surface area contributed by atoms with Crippen LogP contribution in [0.1, 0.15) is 35.7 Å². The molecule has 4 aromatic heterocycles. The standard InChI is InChI=1S/C23H24N6O2S/c1-13-9-21(30)29(16-4-6-31-7-5-16)22-17(13)11-25-23(27-22)26-19-12-24-18(8-14(19)2)20-10-15(3)28-32-20/h8-12,16H,4-7H2,1-3H3,(H,25,26,27). The number of anilines is 2. The van der Waals surface area contributed by atoms with Gasteiger partial charge in [-0.1, -0.05) is 0 Å². The van der Waals surface area contributed by atoms with Crippen molar-refractivity contribution in [1.82, 2.24) is 23.9 Å². The topological polar surface area (TPSA) is 94.8 Å². The van der Waals surface area contributed by atoms with Gasteiger partial charge in [0.25, 0.3) is 5.56 Å². The van der Waals surface area contributed by atoms with Crippen LogP contribution in [0.5, 0.6) is 0 Å². The number of ether oxygens (including phenoxy) is 1. The Morgan fingerprint density at radius 2 is 1.88 bits per heavy atom. The second-order valence-corrected chi connectivity index (χ2v) is 8.96. The molecule has 0 aliphatic carbocycles. The summed E-state index contributed by atoms with van der Waals surface area (Å²) in [6.07, 6.45) is 5.17. The van der Waals surface area contributed by atoms with Crippen molar-refractivity contribution in [3.8, 4) is 10.6 Å². The van der Waals surface area contributed by atoms with Crippen molar-refractivity contribution in [3.63, 3.8) is 0 Å². The highest BCUT2D eigenvalue weighted by Gasteiger charge is 2.21. The number of nitrogens with one attached hydrogen (secondary N) is 1. The molecule has 0 bridgehead atoms. The first-order valence-corrected chi connectivity index (χ1v) is 11.4. The molecule has 4 aromatic rings. The van der Waals surface area contributed by atoms with E-state index in [4.69, 9.17) is 9.72 Å². The third-order valence-electron chi connectivity index (χ3n) is 5.79. The van der Waals surface area contributed by atoms with Crippen molar-refractivity contribution >= 4 is 34.2 Å². The van der Waals surface area contributed by atoms with Crippen LogP contribution >= 0.6 is 11.5 Å². The van der Waals surface area contributed by atoms with Gasteiger partial charge in [-0.25, -0.2) is 4.98 Å². The quantitative estimate of drug-likeness (QED) is 0.496. The van der Waals surface area contributed by atoms with Crippen LogP contribution in [0.25, 0.3) is 21.6 Å². The molecule has 0 radical (unpaired) electrons. The number of nitrogens with zero attached hydrogens (tertiary/aromatic N) is 5. The molecule has 0 spiro atoms. The van der Waals surface area contributed by atoms with E-state index in [1.165, 1.54) is 11.5 Å². The van der Waals surface area contributed by atoms with Crippen LogP contribution in [-0.4, -0.2) is 37.1 Å². The van der Waals surface area contributed by atoms with Gasteiger partial charge in [0, 0.05) is 36.9 Å². The third-order valence-corrected chi connectivity index (χ3v) is 6.70. The molecule has 1 fully saturated rings. The van der Waals surface area contributed by atoms with Gasteiger partial charge in [0.1, 0.15) is 5.65 Å². The normalized spacial score (nSPS) is 14.7. The van der Waals surface area contributed by atoms with Crippen LogP contribution in [0.2, 0.25) is 0 Å². The summed E-state index contributed by atoms with van der Waals surface area (Å²) in [5.74, 6) is 0.439. The van der Waals surface area contributed by atoms with Crippen molar-refractivity contribution in [2.75, 3.05) is 18.5 Å². The molecule has 0 unspecified atom stereocenters. The molecule has 32 heavy (non-hydrogen) atoms. The fourth-order valence-electron chi connectivity index (χ4n) is 4.05. The summed E-state index contributed by atoms with van der Waals surface area (Å²) in [6, 6.07) is 5.80. The number of hydrogen-bond acceptors (Lipinski definition) is 8. The van der Waals surface area contributed by atoms with Crippen molar-refractivity contribution in [3.05, 3.63) is 57.8 Å². The average Bonchev–Trinajstić information content (AvgIpc) is 3.22. The van der Waals surface area contributed by atoms with Gasteiger partial charge in [-0.05, 0) is 68.4 Å². The van der Waals surface area contributed by atoms with Gasteiger partial charge in [0.05, 0.1) is 28.1 Å². The Kier molecular flexibility index (Phi) is 5.44. The Balaban J connectivity index is 1.51. The van der Waals surface area contributed by atoms with Crippen LogP contribution in [-0.2, 0) is 4.74 Å². The number of pyridine rings is 2. The van der Waals surface area contributed by atoms with Crippen molar-refractivity contribution in [2.24, 2.45) is 0 Å². The minimum atomic E-state index is -0.0337. The van der Waals surface area contributed by atoms with Gasteiger partial charge in [0.15, 0.2) is 0 Å². The summed E-state index contributed by atoms with van der Waals surface area (Å²) in [5.41, 5.74) is 5.22. The monoisotopic (exact) mass is 448 g/mol. The number of aromatic nitrogens is 5. The number of aryl methyl sites for hydroxylation is 3. The average molecular weight is 449 g/mol. The lowest BCUT2D eigenvalue weighted by atomic mass is 10.1. The third kappa shape index (κ3) is 3.89. The molecule has 0 aromatic carbocycles. The van der Waals surface area contributed by atoms with Gasteiger partial charge in [-0.2, -0.15) is 9.36 Å². The van der Waals surface area contributed by atoms with Crippen LogP contribution in [0.3, 0.4) is 0 Å². The van der Waals surface area contributed by atoms with E-state index < -0.39 is 0 Å². The first-order chi connectivity index (χ1) is 15.5. The molecule has 1 aliphatic rings. The molecule has 0 amide bonds. The van der Waals surface area contributed by atoms with Crippen molar-refractivity contribution in [1.29, 1.82) is 0 Å². The highest BCUT2D eigenvalue weighted by molar-refractivity contribution is 7.09. The van der Waals surface area contributed by atoms with Crippen LogP contribution in [0.4, 0.5) is 11.6 Å². The second-order valence-electron chi connectivity index (χ2n) is 8.15. The summed E-state index contributed by atoms with van der Waals surface area (Å²) in [5, 5.41) is 4.16. The molecule has 5 heterocycles. The van der Waals surface area contributed by atoms with Gasteiger partial charge in [-0.3, -0.25) is 14.3 Å². The number of rotatable bonds is 4. The lowest BCUT2D eigenvalue weighted by molar-refractivity contribution is 0.0697. The maximum absolute atomic E-state index is 12.9. The zero-order valence-electron chi connectivity index (χ0n) is 18.3. The minimum Gasteiger partial charge on any atom is -0.381 e. The molecule has 1 saturated heterocycles. The van der Waals surface area contributed by atoms with E-state index in [2.05, 4.69) is 19.7 Å². The summed E-state index contributed by atoms with van der Waals surface area (Å²) in [7, 11) is 0. The lowest BCUT2D eigenvalue weighted by Gasteiger charge is -2.25. The molecule has 1 aliphatic heterocycles. The predicted molar refractivity (Wildman–Crippen MR) is 126 cm³/mol. The highest BCUT2D eigenvalue weighted by atomic mass is 32.1. The van der Waals surface area contributed by atoms with E-state index in [1.54, 1.807) is 23.0 Å². The Bertz CT molecular complexity index is 1360. The molecule has 164 valence electrons.